The van der Waals surface area contributed by atoms with Crippen molar-refractivity contribution in [3.8, 4) is 0 Å². The van der Waals surface area contributed by atoms with Crippen molar-refractivity contribution in [3.05, 3.63) is 11.6 Å². The first-order chi connectivity index (χ1) is 30.7. The van der Waals surface area contributed by atoms with E-state index >= 15 is 0 Å². The lowest BCUT2D eigenvalue weighted by molar-refractivity contribution is -0.375. The maximum absolute atomic E-state index is 12.3. The van der Waals surface area contributed by atoms with Gasteiger partial charge >= 0.3 is 5.97 Å². The topological polar surface area (TPSA) is 315 Å². The summed E-state index contributed by atoms with van der Waals surface area (Å²) in [5.74, 6) is -1.54. The van der Waals surface area contributed by atoms with Gasteiger partial charge in [0.2, 0.25) is 0 Å². The second kappa shape index (κ2) is 17.7. The number of carbonyl (C=O) groups is 1. The van der Waals surface area contributed by atoms with Crippen LogP contribution in [0, 0.1) is 50.2 Å². The van der Waals surface area contributed by atoms with Gasteiger partial charge in [0.15, 0.2) is 25.0 Å². The fraction of sp³-hybridized carbons (Fsp3) is 0.936. The maximum Gasteiger partial charge on any atom is 0.335 e. The van der Waals surface area contributed by atoms with Crippen molar-refractivity contribution in [3.63, 3.8) is 0 Å². The second-order valence-corrected chi connectivity index (χ2v) is 23.2. The van der Waals surface area contributed by atoms with Crippen molar-refractivity contribution < 1.29 is 94.5 Å². The van der Waals surface area contributed by atoms with Crippen molar-refractivity contribution in [2.24, 2.45) is 50.2 Å². The molecule has 0 aromatic rings. The van der Waals surface area contributed by atoms with Crippen LogP contribution in [0.4, 0.5) is 0 Å². The van der Waals surface area contributed by atoms with E-state index in [1.165, 1.54) is 5.57 Å². The number of aliphatic hydroxyl groups excluding tert-OH is 11. The Morgan fingerprint density at radius 1 is 0.697 bits per heavy atom. The summed E-state index contributed by atoms with van der Waals surface area (Å²) in [6.45, 7) is 13.9. The molecule has 7 fully saturated rings. The number of fused-ring (bicyclic) bond motifs is 7. The van der Waals surface area contributed by atoms with Gasteiger partial charge in [-0.3, -0.25) is 0 Å². The number of hydrogen-bond donors (Lipinski definition) is 12. The molecule has 0 spiro atoms. The molecular formula is C47H76O19. The highest BCUT2D eigenvalue weighted by molar-refractivity contribution is 5.73. The van der Waals surface area contributed by atoms with E-state index in [-0.39, 0.29) is 47.2 Å². The number of carboxylic acid groups (broad SMARTS) is 1. The first-order valence-corrected chi connectivity index (χ1v) is 23.9. The van der Waals surface area contributed by atoms with E-state index in [0.29, 0.717) is 32.1 Å². The van der Waals surface area contributed by atoms with E-state index in [2.05, 4.69) is 33.8 Å². The zero-order valence-corrected chi connectivity index (χ0v) is 39.1. The molecule has 12 N–H and O–H groups in total. The summed E-state index contributed by atoms with van der Waals surface area (Å²) in [5, 5.41) is 129. The summed E-state index contributed by atoms with van der Waals surface area (Å²) in [5.41, 5.74) is -1.56. The van der Waals surface area contributed by atoms with Gasteiger partial charge in [-0.2, -0.15) is 0 Å². The molecule has 0 amide bonds. The average Bonchev–Trinajstić information content (AvgIpc) is 3.26. The van der Waals surface area contributed by atoms with Crippen LogP contribution in [-0.2, 0) is 33.2 Å². The Kier molecular flexibility index (Phi) is 13.6. The minimum absolute atomic E-state index is 0.00294. The number of aliphatic carboxylic acids is 1. The molecule has 0 aromatic heterocycles. The molecular weight excluding hydrogens is 868 g/mol. The van der Waals surface area contributed by atoms with Gasteiger partial charge in [-0.05, 0) is 90.8 Å². The van der Waals surface area contributed by atoms with Crippen molar-refractivity contribution in [1.29, 1.82) is 0 Å². The van der Waals surface area contributed by atoms with Crippen molar-refractivity contribution in [2.45, 2.75) is 204 Å². The van der Waals surface area contributed by atoms with Gasteiger partial charge in [-0.1, -0.05) is 60.1 Å². The summed E-state index contributed by atoms with van der Waals surface area (Å²) >= 11 is 0. The molecule has 0 aromatic carbocycles. The van der Waals surface area contributed by atoms with Gasteiger partial charge in [-0.15, -0.1) is 0 Å². The third-order valence-corrected chi connectivity index (χ3v) is 19.4. The van der Waals surface area contributed by atoms with Gasteiger partial charge in [0.25, 0.3) is 0 Å². The molecule has 19 heteroatoms. The quantitative estimate of drug-likeness (QED) is 0.100. The highest BCUT2D eigenvalue weighted by Gasteiger charge is 2.71. The molecule has 25 atom stereocenters. The minimum atomic E-state index is -2.01. The van der Waals surface area contributed by atoms with E-state index in [0.717, 1.165) is 19.3 Å². The molecule has 8 aliphatic rings. The second-order valence-electron chi connectivity index (χ2n) is 23.2. The van der Waals surface area contributed by atoms with Gasteiger partial charge in [0.05, 0.1) is 38.1 Å². The summed E-state index contributed by atoms with van der Waals surface area (Å²) in [6.07, 6.45) is -17.8. The molecule has 3 aliphatic heterocycles. The molecule has 4 saturated carbocycles. The first kappa shape index (κ1) is 50.9. The van der Waals surface area contributed by atoms with E-state index in [9.17, 15) is 66.1 Å². The zero-order chi connectivity index (χ0) is 48.4. The third kappa shape index (κ3) is 7.60. The maximum atomic E-state index is 12.3. The van der Waals surface area contributed by atoms with E-state index < -0.39 is 133 Å². The summed E-state index contributed by atoms with van der Waals surface area (Å²) < 4.78 is 36.2. The predicted octanol–water partition coefficient (Wildman–Crippen LogP) is -0.713. The Labute approximate surface area is 385 Å². The standard InChI is InChI=1S/C47H76O19/c1-42(2)16-21-20-8-9-25-44(4)12-11-26(63-41-35(31(55)30(54)34(64-41)38(59)60)65-40-33(57)29(53)28(52)23(17-48)62-40)45(5,19-49)24(44)10-13-47(25,7)46(20,6)15-14-43(21,3)37(36(42)58)66-39-32(56)27(51)22(50)18-61-39/h8,21-37,39-41,48-58H,9-19H2,1-7H3,(H,59,60)/t21?,22-,23+,24+,25?,26-,27-,28-,29-,30-,31-,32+,33+,34-,35+,36-,37+,39-,40-,41+,43+,44-,45+,46+,47+/m0/s1. The van der Waals surface area contributed by atoms with Gasteiger partial charge in [-0.25, -0.2) is 4.79 Å². The molecule has 3 saturated heterocycles. The summed E-state index contributed by atoms with van der Waals surface area (Å²) in [7, 11) is 0. The van der Waals surface area contributed by atoms with E-state index in [4.69, 9.17) is 28.4 Å². The largest absolute Gasteiger partial charge is 0.479 e. The molecule has 19 nitrogen and oxygen atoms in total. The number of rotatable bonds is 9. The molecule has 0 radical (unpaired) electrons. The Balaban J connectivity index is 1.06. The normalized spacial score (nSPS) is 55.9. The van der Waals surface area contributed by atoms with Crippen LogP contribution in [0.15, 0.2) is 11.6 Å². The third-order valence-electron chi connectivity index (χ3n) is 19.4. The first-order valence-electron chi connectivity index (χ1n) is 23.9. The van der Waals surface area contributed by atoms with Crippen LogP contribution in [-0.4, -0.2) is 191 Å². The fourth-order valence-electron chi connectivity index (χ4n) is 14.9. The number of aliphatic hydroxyl groups is 11. The Hall–Kier alpha value is -1.47. The summed E-state index contributed by atoms with van der Waals surface area (Å²) in [4.78, 5) is 12.3. The lowest BCUT2D eigenvalue weighted by Crippen LogP contribution is -2.69. The van der Waals surface area contributed by atoms with Crippen LogP contribution in [0.5, 0.6) is 0 Å². The minimum Gasteiger partial charge on any atom is -0.479 e. The SMILES string of the molecule is CC1(C)CC2C3=CCC4[C@@]5(C)CC[C@H](O[C@@H]6O[C@H](C(=O)O)[C@@H](O)[C@H](O)[C@H]6O[C@@H]6O[C@H](CO)[C@H](O)[C@H](O)[C@H]6O)[C@](C)(CO)[C@@H]5CC[C@@]4(C)[C@]3(C)CC[C@@]2(C)[C@H](O[C@@H]2OC[C@H](O)[C@H](O)[C@H]2O)[C@@H]1O. The van der Waals surface area contributed by atoms with E-state index in [1.54, 1.807) is 0 Å². The van der Waals surface area contributed by atoms with Crippen LogP contribution >= 0.6 is 0 Å². The van der Waals surface area contributed by atoms with Crippen molar-refractivity contribution in [1.82, 2.24) is 0 Å². The Morgan fingerprint density at radius 3 is 2.03 bits per heavy atom. The van der Waals surface area contributed by atoms with Crippen LogP contribution in [0.2, 0.25) is 0 Å². The number of ether oxygens (including phenoxy) is 6. The number of hydrogen-bond acceptors (Lipinski definition) is 18. The van der Waals surface area contributed by atoms with Crippen molar-refractivity contribution >= 4 is 5.97 Å². The lowest BCUT2D eigenvalue weighted by atomic mass is 9.33. The monoisotopic (exact) mass is 944 g/mol. The molecule has 66 heavy (non-hydrogen) atoms. The van der Waals surface area contributed by atoms with Crippen LogP contribution < -0.4 is 0 Å². The lowest BCUT2D eigenvalue weighted by Gasteiger charge is -2.72. The Morgan fingerprint density at radius 2 is 1.38 bits per heavy atom. The van der Waals surface area contributed by atoms with Gasteiger partial charge in [0, 0.05) is 10.8 Å². The molecule has 2 unspecified atom stereocenters. The van der Waals surface area contributed by atoms with Crippen LogP contribution in [0.25, 0.3) is 0 Å². The van der Waals surface area contributed by atoms with Crippen LogP contribution in [0.3, 0.4) is 0 Å². The summed E-state index contributed by atoms with van der Waals surface area (Å²) in [6, 6.07) is 0. The van der Waals surface area contributed by atoms with E-state index in [1.807, 2.05) is 20.8 Å². The van der Waals surface area contributed by atoms with Crippen molar-refractivity contribution in [2.75, 3.05) is 19.8 Å². The van der Waals surface area contributed by atoms with Crippen LogP contribution in [0.1, 0.15) is 99.8 Å². The Bertz CT molecular complexity index is 1820. The molecule has 378 valence electrons. The molecule has 5 aliphatic carbocycles. The molecule has 8 rings (SSSR count). The number of carboxylic acids is 1. The smallest absolute Gasteiger partial charge is 0.335 e. The highest BCUT2D eigenvalue weighted by Crippen LogP contribution is 2.76. The highest BCUT2D eigenvalue weighted by atomic mass is 16.8. The average molecular weight is 945 g/mol. The zero-order valence-electron chi connectivity index (χ0n) is 39.1. The molecule has 0 bridgehead atoms. The fourth-order valence-corrected chi connectivity index (χ4v) is 14.9. The predicted molar refractivity (Wildman–Crippen MR) is 227 cm³/mol. The van der Waals surface area contributed by atoms with Gasteiger partial charge < -0.3 is 89.7 Å². The number of allylic oxidation sites excluding steroid dienone is 2. The molecule has 3 heterocycles. The van der Waals surface area contributed by atoms with Gasteiger partial charge in [0.1, 0.15) is 61.0 Å².